The van der Waals surface area contributed by atoms with Crippen molar-refractivity contribution < 1.29 is 9.53 Å². The van der Waals surface area contributed by atoms with Gasteiger partial charge in [0.25, 0.3) is 0 Å². The lowest BCUT2D eigenvalue weighted by molar-refractivity contribution is -0.139. The molecule has 1 amide bonds. The molecule has 122 valence electrons. The second-order valence-corrected chi connectivity index (χ2v) is 6.91. The Balaban J connectivity index is 1.44. The third-order valence-corrected chi connectivity index (χ3v) is 5.55. The number of rotatable bonds is 3. The molecule has 0 radical (unpaired) electrons. The van der Waals surface area contributed by atoms with Crippen LogP contribution in [0.2, 0.25) is 0 Å². The minimum Gasteiger partial charge on any atom is -0.497 e. The number of fused-ring (bicyclic) bond motifs is 1. The fourth-order valence-corrected chi connectivity index (χ4v) is 3.80. The van der Waals surface area contributed by atoms with Crippen molar-refractivity contribution in [2.75, 3.05) is 20.2 Å². The normalized spacial score (nSPS) is 19.8. The number of nitrogens with one attached hydrogen (secondary N) is 1. The van der Waals surface area contributed by atoms with Crippen molar-refractivity contribution in [1.82, 2.24) is 9.88 Å². The molecule has 2 aromatic rings. The monoisotopic (exact) mass is 312 g/mol. The second-order valence-electron chi connectivity index (χ2n) is 6.91. The van der Waals surface area contributed by atoms with Crippen LogP contribution in [0.4, 0.5) is 0 Å². The Bertz CT molecular complexity index is 709. The molecule has 0 atom stereocenters. The van der Waals surface area contributed by atoms with Gasteiger partial charge in [-0.1, -0.05) is 6.42 Å². The van der Waals surface area contributed by atoms with E-state index in [-0.39, 0.29) is 0 Å². The number of piperidine rings is 1. The molecular weight excluding hydrogens is 288 g/mol. The molecule has 4 nitrogen and oxygen atoms in total. The van der Waals surface area contributed by atoms with Gasteiger partial charge in [-0.2, -0.15) is 0 Å². The fourth-order valence-electron chi connectivity index (χ4n) is 3.80. The van der Waals surface area contributed by atoms with Crippen LogP contribution in [-0.2, 0) is 4.79 Å². The van der Waals surface area contributed by atoms with E-state index in [1.54, 1.807) is 7.11 Å². The quantitative estimate of drug-likeness (QED) is 0.939. The van der Waals surface area contributed by atoms with Gasteiger partial charge in [0.15, 0.2) is 0 Å². The second kappa shape index (κ2) is 5.91. The molecule has 1 aromatic carbocycles. The summed E-state index contributed by atoms with van der Waals surface area (Å²) in [6, 6.07) is 8.38. The Morgan fingerprint density at radius 2 is 1.96 bits per heavy atom. The summed E-state index contributed by atoms with van der Waals surface area (Å²) in [4.78, 5) is 18.0. The number of amides is 1. The highest BCUT2D eigenvalue weighted by atomic mass is 16.5. The van der Waals surface area contributed by atoms with E-state index >= 15 is 0 Å². The molecule has 1 aliphatic heterocycles. The number of benzene rings is 1. The summed E-state index contributed by atoms with van der Waals surface area (Å²) in [7, 11) is 1.70. The van der Waals surface area contributed by atoms with Gasteiger partial charge in [-0.15, -0.1) is 0 Å². The summed E-state index contributed by atoms with van der Waals surface area (Å²) in [5, 5.41) is 1.20. The Morgan fingerprint density at radius 1 is 1.17 bits per heavy atom. The molecule has 0 unspecified atom stereocenters. The minimum atomic E-state index is 0.326. The molecule has 2 aliphatic rings. The molecule has 0 bridgehead atoms. The number of nitrogens with zero attached hydrogens (tertiary/aromatic N) is 1. The number of hydrogen-bond donors (Lipinski definition) is 1. The maximum atomic E-state index is 12.3. The van der Waals surface area contributed by atoms with Crippen molar-refractivity contribution >= 4 is 16.8 Å². The molecule has 1 saturated carbocycles. The summed E-state index contributed by atoms with van der Waals surface area (Å²) < 4.78 is 5.30. The Morgan fingerprint density at radius 3 is 2.61 bits per heavy atom. The zero-order valence-corrected chi connectivity index (χ0v) is 13.7. The van der Waals surface area contributed by atoms with E-state index < -0.39 is 0 Å². The molecular formula is C19H24N2O2. The standard InChI is InChI=1S/C19H24N2O2/c1-23-16-5-6-17-15(11-16)12-18(20-17)13-7-9-21(10-8-13)19(22)14-3-2-4-14/h5-6,11-14,20H,2-4,7-10H2,1H3. The number of methoxy groups -OCH3 is 1. The van der Waals surface area contributed by atoms with Gasteiger partial charge in [0.2, 0.25) is 5.91 Å². The van der Waals surface area contributed by atoms with Crippen molar-refractivity contribution in [3.05, 3.63) is 30.0 Å². The van der Waals surface area contributed by atoms with Gasteiger partial charge in [-0.05, 0) is 49.9 Å². The van der Waals surface area contributed by atoms with E-state index in [4.69, 9.17) is 4.74 Å². The highest BCUT2D eigenvalue weighted by Gasteiger charge is 2.32. The van der Waals surface area contributed by atoms with Gasteiger partial charge in [-0.25, -0.2) is 0 Å². The number of aromatic nitrogens is 1. The molecule has 2 fully saturated rings. The largest absolute Gasteiger partial charge is 0.497 e. The van der Waals surface area contributed by atoms with Crippen molar-refractivity contribution in [2.24, 2.45) is 5.92 Å². The highest BCUT2D eigenvalue weighted by Crippen LogP contribution is 2.34. The lowest BCUT2D eigenvalue weighted by Gasteiger charge is -2.36. The summed E-state index contributed by atoms with van der Waals surface area (Å²) in [5.41, 5.74) is 2.46. The zero-order valence-electron chi connectivity index (χ0n) is 13.7. The summed E-state index contributed by atoms with van der Waals surface area (Å²) in [6.45, 7) is 1.80. The third-order valence-electron chi connectivity index (χ3n) is 5.55. The fraction of sp³-hybridized carbons (Fsp3) is 0.526. The maximum absolute atomic E-state index is 12.3. The summed E-state index contributed by atoms with van der Waals surface area (Å²) in [6.07, 6.45) is 5.54. The van der Waals surface area contributed by atoms with Gasteiger partial charge >= 0.3 is 0 Å². The van der Waals surface area contributed by atoms with Crippen molar-refractivity contribution in [1.29, 1.82) is 0 Å². The summed E-state index contributed by atoms with van der Waals surface area (Å²) >= 11 is 0. The van der Waals surface area contributed by atoms with E-state index in [1.165, 1.54) is 17.5 Å². The Kier molecular flexibility index (Phi) is 3.76. The molecule has 4 rings (SSSR count). The first kappa shape index (κ1) is 14.6. The predicted molar refractivity (Wildman–Crippen MR) is 90.7 cm³/mol. The average molecular weight is 312 g/mol. The van der Waals surface area contributed by atoms with Crippen LogP contribution in [-0.4, -0.2) is 36.0 Å². The Labute approximate surface area is 136 Å². The summed E-state index contributed by atoms with van der Waals surface area (Å²) in [5.74, 6) is 2.14. The van der Waals surface area contributed by atoms with Crippen LogP contribution in [0.5, 0.6) is 5.75 Å². The van der Waals surface area contributed by atoms with Crippen LogP contribution in [0.3, 0.4) is 0 Å². The number of carbonyl (C=O) groups excluding carboxylic acids is 1. The predicted octanol–water partition coefficient (Wildman–Crippen LogP) is 3.68. The van der Waals surface area contributed by atoms with E-state index in [0.717, 1.165) is 50.0 Å². The highest BCUT2D eigenvalue weighted by molar-refractivity contribution is 5.82. The van der Waals surface area contributed by atoms with E-state index in [2.05, 4.69) is 28.1 Å². The molecule has 1 aliphatic carbocycles. The molecule has 0 spiro atoms. The third kappa shape index (κ3) is 2.71. The maximum Gasteiger partial charge on any atom is 0.225 e. The first-order valence-corrected chi connectivity index (χ1v) is 8.70. The van der Waals surface area contributed by atoms with Gasteiger partial charge in [0.05, 0.1) is 7.11 Å². The van der Waals surface area contributed by atoms with Crippen molar-refractivity contribution in [2.45, 2.75) is 38.0 Å². The number of hydrogen-bond acceptors (Lipinski definition) is 2. The number of H-pyrrole nitrogens is 1. The molecule has 2 heterocycles. The van der Waals surface area contributed by atoms with Crippen molar-refractivity contribution in [3.63, 3.8) is 0 Å². The average Bonchev–Trinajstić information content (AvgIpc) is 2.96. The van der Waals surface area contributed by atoms with Crippen LogP contribution in [0.25, 0.3) is 10.9 Å². The molecule has 1 saturated heterocycles. The van der Waals surface area contributed by atoms with Crippen LogP contribution < -0.4 is 4.74 Å². The van der Waals surface area contributed by atoms with Gasteiger partial charge in [0.1, 0.15) is 5.75 Å². The lowest BCUT2D eigenvalue weighted by Crippen LogP contribution is -2.43. The first-order chi connectivity index (χ1) is 11.2. The molecule has 4 heteroatoms. The van der Waals surface area contributed by atoms with E-state index in [9.17, 15) is 4.79 Å². The number of likely N-dealkylation sites (tertiary alicyclic amines) is 1. The van der Waals surface area contributed by atoms with E-state index in [0.29, 0.717) is 17.7 Å². The first-order valence-electron chi connectivity index (χ1n) is 8.70. The smallest absolute Gasteiger partial charge is 0.225 e. The van der Waals surface area contributed by atoms with Crippen LogP contribution in [0, 0.1) is 5.92 Å². The number of carbonyl (C=O) groups is 1. The van der Waals surface area contributed by atoms with Gasteiger partial charge in [0, 0.05) is 41.5 Å². The number of ether oxygens (including phenoxy) is 1. The van der Waals surface area contributed by atoms with Gasteiger partial charge in [-0.3, -0.25) is 4.79 Å². The van der Waals surface area contributed by atoms with Crippen LogP contribution in [0.15, 0.2) is 24.3 Å². The molecule has 1 N–H and O–H groups in total. The van der Waals surface area contributed by atoms with Crippen molar-refractivity contribution in [3.8, 4) is 5.75 Å². The lowest BCUT2D eigenvalue weighted by atomic mass is 9.83. The zero-order chi connectivity index (χ0) is 15.8. The van der Waals surface area contributed by atoms with Crippen LogP contribution >= 0.6 is 0 Å². The molecule has 1 aromatic heterocycles. The van der Waals surface area contributed by atoms with Gasteiger partial charge < -0.3 is 14.6 Å². The number of aromatic amines is 1. The SMILES string of the molecule is COc1ccc2[nH]c(C3CCN(C(=O)C4CCC4)CC3)cc2c1. The molecule has 23 heavy (non-hydrogen) atoms. The van der Waals surface area contributed by atoms with E-state index in [1.807, 2.05) is 6.07 Å². The minimum absolute atomic E-state index is 0.326. The van der Waals surface area contributed by atoms with Crippen LogP contribution in [0.1, 0.15) is 43.7 Å². The Hall–Kier alpha value is -1.97. The topological polar surface area (TPSA) is 45.3 Å².